The number of carboxylic acid groups (broad SMARTS) is 1. The SMILES string of the molecule is O=C(O)Cc1ccc(NS(=O)(=O)N2CCCC2)cc1. The summed E-state index contributed by atoms with van der Waals surface area (Å²) in [5.74, 6) is -0.912. The summed E-state index contributed by atoms with van der Waals surface area (Å²) >= 11 is 0. The number of anilines is 1. The fourth-order valence-electron chi connectivity index (χ4n) is 2.01. The lowest BCUT2D eigenvalue weighted by molar-refractivity contribution is -0.136. The molecule has 0 aliphatic carbocycles. The average molecular weight is 284 g/mol. The Kier molecular flexibility index (Phi) is 4.06. The van der Waals surface area contributed by atoms with Crippen LogP contribution in [-0.2, 0) is 21.4 Å². The van der Waals surface area contributed by atoms with Gasteiger partial charge in [-0.25, -0.2) is 0 Å². The summed E-state index contributed by atoms with van der Waals surface area (Å²) in [5, 5.41) is 8.65. The van der Waals surface area contributed by atoms with E-state index in [2.05, 4.69) is 4.72 Å². The molecule has 0 unspecified atom stereocenters. The lowest BCUT2D eigenvalue weighted by Gasteiger charge is -2.16. The second-order valence-electron chi connectivity index (χ2n) is 4.48. The van der Waals surface area contributed by atoms with E-state index in [1.54, 1.807) is 24.3 Å². The van der Waals surface area contributed by atoms with E-state index in [1.165, 1.54) is 4.31 Å². The standard InChI is InChI=1S/C12H16N2O4S/c15-12(16)9-10-3-5-11(6-4-10)13-19(17,18)14-7-1-2-8-14/h3-6,13H,1-2,7-9H2,(H,15,16). The van der Waals surface area contributed by atoms with Crippen molar-refractivity contribution in [2.24, 2.45) is 0 Å². The maximum Gasteiger partial charge on any atom is 0.307 e. The Balaban J connectivity index is 2.04. The molecule has 1 fully saturated rings. The Bertz CT molecular complexity index is 548. The van der Waals surface area contributed by atoms with Crippen LogP contribution < -0.4 is 4.72 Å². The first kappa shape index (κ1) is 13.8. The number of aliphatic carboxylic acids is 1. The molecule has 0 atom stereocenters. The summed E-state index contributed by atoms with van der Waals surface area (Å²) in [5.41, 5.74) is 1.08. The molecule has 0 bridgehead atoms. The second kappa shape index (κ2) is 5.58. The highest BCUT2D eigenvalue weighted by Crippen LogP contribution is 2.17. The van der Waals surface area contributed by atoms with Gasteiger partial charge in [-0.2, -0.15) is 12.7 Å². The van der Waals surface area contributed by atoms with Crippen molar-refractivity contribution >= 4 is 21.9 Å². The molecule has 1 saturated heterocycles. The van der Waals surface area contributed by atoms with Gasteiger partial charge in [0.1, 0.15) is 0 Å². The molecule has 2 rings (SSSR count). The number of benzene rings is 1. The number of hydrogen-bond acceptors (Lipinski definition) is 3. The summed E-state index contributed by atoms with van der Waals surface area (Å²) in [6, 6.07) is 6.36. The van der Waals surface area contributed by atoms with Crippen molar-refractivity contribution in [1.29, 1.82) is 0 Å². The van der Waals surface area contributed by atoms with Gasteiger partial charge in [-0.1, -0.05) is 12.1 Å². The van der Waals surface area contributed by atoms with Crippen LogP contribution in [0.15, 0.2) is 24.3 Å². The van der Waals surface area contributed by atoms with Gasteiger partial charge in [0, 0.05) is 18.8 Å². The lowest BCUT2D eigenvalue weighted by Crippen LogP contribution is -2.33. The van der Waals surface area contributed by atoms with Gasteiger partial charge in [0.2, 0.25) is 0 Å². The first-order valence-corrected chi connectivity index (χ1v) is 7.50. The van der Waals surface area contributed by atoms with Crippen molar-refractivity contribution in [3.05, 3.63) is 29.8 Å². The van der Waals surface area contributed by atoms with E-state index in [0.717, 1.165) is 12.8 Å². The van der Waals surface area contributed by atoms with Crippen LogP contribution in [0, 0.1) is 0 Å². The molecule has 104 valence electrons. The first-order valence-electron chi connectivity index (χ1n) is 6.06. The molecule has 1 aliphatic heterocycles. The molecule has 1 aromatic carbocycles. The molecular weight excluding hydrogens is 268 g/mol. The highest BCUT2D eigenvalue weighted by Gasteiger charge is 2.24. The van der Waals surface area contributed by atoms with Crippen molar-refractivity contribution in [2.45, 2.75) is 19.3 Å². The van der Waals surface area contributed by atoms with Gasteiger partial charge >= 0.3 is 16.2 Å². The molecule has 7 heteroatoms. The number of nitrogens with zero attached hydrogens (tertiary/aromatic N) is 1. The van der Waals surface area contributed by atoms with Crippen LogP contribution in [0.3, 0.4) is 0 Å². The summed E-state index contributed by atoms with van der Waals surface area (Å²) < 4.78 is 27.9. The molecule has 0 saturated carbocycles. The third kappa shape index (κ3) is 3.68. The predicted octanol–water partition coefficient (Wildman–Crippen LogP) is 1.07. The summed E-state index contributed by atoms with van der Waals surface area (Å²) in [4.78, 5) is 10.5. The fraction of sp³-hybridized carbons (Fsp3) is 0.417. The molecule has 0 radical (unpaired) electrons. The Morgan fingerprint density at radius 3 is 2.32 bits per heavy atom. The maximum atomic E-state index is 12.0. The van der Waals surface area contributed by atoms with Gasteiger partial charge in [-0.15, -0.1) is 0 Å². The van der Waals surface area contributed by atoms with Crippen LogP contribution in [-0.4, -0.2) is 36.9 Å². The Hall–Kier alpha value is -1.60. The highest BCUT2D eigenvalue weighted by molar-refractivity contribution is 7.90. The first-order chi connectivity index (χ1) is 8.97. The van der Waals surface area contributed by atoms with E-state index >= 15 is 0 Å². The molecule has 6 nitrogen and oxygen atoms in total. The number of carbonyl (C=O) groups is 1. The quantitative estimate of drug-likeness (QED) is 0.846. The largest absolute Gasteiger partial charge is 0.481 e. The van der Waals surface area contributed by atoms with Gasteiger partial charge < -0.3 is 5.11 Å². The van der Waals surface area contributed by atoms with Crippen molar-refractivity contribution in [1.82, 2.24) is 4.31 Å². The number of hydrogen-bond donors (Lipinski definition) is 2. The van der Waals surface area contributed by atoms with Crippen LogP contribution in [0.1, 0.15) is 18.4 Å². The molecule has 19 heavy (non-hydrogen) atoms. The second-order valence-corrected chi connectivity index (χ2v) is 6.15. The Morgan fingerprint density at radius 1 is 1.21 bits per heavy atom. The van der Waals surface area contributed by atoms with Gasteiger partial charge in [0.25, 0.3) is 0 Å². The van der Waals surface area contributed by atoms with Crippen LogP contribution in [0.2, 0.25) is 0 Å². The third-order valence-corrected chi connectivity index (χ3v) is 4.50. The number of nitrogens with one attached hydrogen (secondary N) is 1. The fourth-order valence-corrected chi connectivity index (χ4v) is 3.31. The summed E-state index contributed by atoms with van der Waals surface area (Å²) in [7, 11) is -3.48. The average Bonchev–Trinajstić information content (AvgIpc) is 2.85. The number of carboxylic acids is 1. The van der Waals surface area contributed by atoms with E-state index in [4.69, 9.17) is 5.11 Å². The van der Waals surface area contributed by atoms with Crippen molar-refractivity contribution in [3.63, 3.8) is 0 Å². The normalized spacial score (nSPS) is 16.4. The minimum atomic E-state index is -3.48. The van der Waals surface area contributed by atoms with Crippen molar-refractivity contribution in [3.8, 4) is 0 Å². The van der Waals surface area contributed by atoms with Crippen LogP contribution in [0.4, 0.5) is 5.69 Å². The van der Waals surface area contributed by atoms with E-state index in [-0.39, 0.29) is 6.42 Å². The smallest absolute Gasteiger partial charge is 0.307 e. The third-order valence-electron chi connectivity index (χ3n) is 2.96. The van der Waals surface area contributed by atoms with Crippen molar-refractivity contribution < 1.29 is 18.3 Å². The molecule has 2 N–H and O–H groups in total. The minimum absolute atomic E-state index is 0.0703. The maximum absolute atomic E-state index is 12.0. The zero-order valence-electron chi connectivity index (χ0n) is 10.4. The van der Waals surface area contributed by atoms with Gasteiger partial charge in [0.15, 0.2) is 0 Å². The van der Waals surface area contributed by atoms with Crippen LogP contribution in [0.25, 0.3) is 0 Å². The van der Waals surface area contributed by atoms with Gasteiger partial charge in [-0.3, -0.25) is 9.52 Å². The molecule has 0 aromatic heterocycles. The molecule has 1 aromatic rings. The van der Waals surface area contributed by atoms with E-state index < -0.39 is 16.2 Å². The van der Waals surface area contributed by atoms with Gasteiger partial charge in [-0.05, 0) is 30.5 Å². The van der Waals surface area contributed by atoms with Gasteiger partial charge in [0.05, 0.1) is 6.42 Å². The van der Waals surface area contributed by atoms with E-state index in [0.29, 0.717) is 24.3 Å². The summed E-state index contributed by atoms with van der Waals surface area (Å²) in [6.45, 7) is 1.10. The van der Waals surface area contributed by atoms with E-state index in [1.807, 2.05) is 0 Å². The molecular formula is C12H16N2O4S. The highest BCUT2D eigenvalue weighted by atomic mass is 32.2. The lowest BCUT2D eigenvalue weighted by atomic mass is 10.1. The van der Waals surface area contributed by atoms with Crippen LogP contribution in [0.5, 0.6) is 0 Å². The number of rotatable bonds is 5. The monoisotopic (exact) mass is 284 g/mol. The molecule has 1 heterocycles. The topological polar surface area (TPSA) is 86.7 Å². The Morgan fingerprint density at radius 2 is 1.79 bits per heavy atom. The molecule has 0 spiro atoms. The molecule has 1 aliphatic rings. The zero-order chi connectivity index (χ0) is 13.9. The molecule has 0 amide bonds. The van der Waals surface area contributed by atoms with Crippen LogP contribution >= 0.6 is 0 Å². The minimum Gasteiger partial charge on any atom is -0.481 e. The predicted molar refractivity (Wildman–Crippen MR) is 71.1 cm³/mol. The van der Waals surface area contributed by atoms with Crippen molar-refractivity contribution in [2.75, 3.05) is 17.8 Å². The zero-order valence-corrected chi connectivity index (χ0v) is 11.2. The van der Waals surface area contributed by atoms with E-state index in [9.17, 15) is 13.2 Å². The Labute approximate surface area is 112 Å². The summed E-state index contributed by atoms with van der Waals surface area (Å²) in [6.07, 6.45) is 1.70.